The molecule has 0 aliphatic heterocycles. The van der Waals surface area contributed by atoms with Gasteiger partial charge in [-0.05, 0) is 23.8 Å². The fourth-order valence-corrected chi connectivity index (χ4v) is 2.34. The highest BCUT2D eigenvalue weighted by Crippen LogP contribution is 2.15. The first-order valence-electron chi connectivity index (χ1n) is 8.44. The molecule has 2 aromatic carbocycles. The SMILES string of the molecule is C=C(C=Cc1ccccc1C(=NOC)C(=O)OC)NOCc1c(F)cccc1F. The van der Waals surface area contributed by atoms with Crippen LogP contribution in [0.1, 0.15) is 16.7 Å². The summed E-state index contributed by atoms with van der Waals surface area (Å²) >= 11 is 0. The molecule has 1 N–H and O–H groups in total. The summed E-state index contributed by atoms with van der Waals surface area (Å²) < 4.78 is 31.9. The Morgan fingerprint density at radius 1 is 1.14 bits per heavy atom. The van der Waals surface area contributed by atoms with Gasteiger partial charge in [-0.2, -0.15) is 0 Å². The molecule has 0 aliphatic carbocycles. The number of hydrogen-bond donors (Lipinski definition) is 1. The summed E-state index contributed by atoms with van der Waals surface area (Å²) in [6.07, 6.45) is 3.23. The number of methoxy groups -OCH3 is 1. The number of hydroxylamine groups is 1. The number of allylic oxidation sites excluding steroid dienone is 1. The molecule has 0 atom stereocenters. The maximum atomic E-state index is 13.6. The average Bonchev–Trinajstić information content (AvgIpc) is 2.72. The maximum Gasteiger partial charge on any atom is 0.360 e. The fraction of sp³-hybridized carbons (Fsp3) is 0.143. The first-order chi connectivity index (χ1) is 14.0. The monoisotopic (exact) mass is 402 g/mol. The molecular weight excluding hydrogens is 382 g/mol. The molecule has 0 bridgehead atoms. The third-order valence-corrected chi connectivity index (χ3v) is 3.72. The van der Waals surface area contributed by atoms with Crippen LogP contribution in [0.3, 0.4) is 0 Å². The Morgan fingerprint density at radius 3 is 2.48 bits per heavy atom. The van der Waals surface area contributed by atoms with Crippen LogP contribution < -0.4 is 5.48 Å². The second-order valence-electron chi connectivity index (χ2n) is 5.65. The van der Waals surface area contributed by atoms with Crippen molar-refractivity contribution in [3.05, 3.63) is 89.1 Å². The van der Waals surface area contributed by atoms with Crippen molar-refractivity contribution in [3.8, 4) is 0 Å². The second-order valence-corrected chi connectivity index (χ2v) is 5.65. The van der Waals surface area contributed by atoms with E-state index in [2.05, 4.69) is 17.2 Å². The molecule has 0 unspecified atom stereocenters. The molecule has 0 heterocycles. The Labute approximate surface area is 167 Å². The zero-order valence-corrected chi connectivity index (χ0v) is 15.9. The van der Waals surface area contributed by atoms with Crippen molar-refractivity contribution in [1.29, 1.82) is 0 Å². The van der Waals surface area contributed by atoms with Crippen LogP contribution in [0, 0.1) is 11.6 Å². The van der Waals surface area contributed by atoms with Crippen molar-refractivity contribution >= 4 is 17.8 Å². The molecule has 8 heteroatoms. The Bertz CT molecular complexity index is 922. The van der Waals surface area contributed by atoms with Gasteiger partial charge in [-0.1, -0.05) is 48.1 Å². The van der Waals surface area contributed by atoms with E-state index in [0.717, 1.165) is 12.1 Å². The smallest absolute Gasteiger partial charge is 0.360 e. The van der Waals surface area contributed by atoms with Crippen molar-refractivity contribution < 1.29 is 28.0 Å². The van der Waals surface area contributed by atoms with Gasteiger partial charge in [0.15, 0.2) is 5.71 Å². The van der Waals surface area contributed by atoms with Crippen LogP contribution in [-0.4, -0.2) is 25.9 Å². The van der Waals surface area contributed by atoms with Crippen molar-refractivity contribution in [3.63, 3.8) is 0 Å². The van der Waals surface area contributed by atoms with Gasteiger partial charge in [0, 0.05) is 5.56 Å². The average molecular weight is 402 g/mol. The zero-order chi connectivity index (χ0) is 21.2. The number of halogens is 2. The number of ether oxygens (including phenoxy) is 1. The number of nitrogens with zero attached hydrogens (tertiary/aromatic N) is 1. The van der Waals surface area contributed by atoms with Crippen molar-refractivity contribution in [2.24, 2.45) is 5.16 Å². The van der Waals surface area contributed by atoms with E-state index in [-0.39, 0.29) is 17.9 Å². The summed E-state index contributed by atoms with van der Waals surface area (Å²) in [5, 5.41) is 3.73. The number of carbonyl (C=O) groups is 1. The summed E-state index contributed by atoms with van der Waals surface area (Å²) in [5.74, 6) is -2.05. The number of carbonyl (C=O) groups excluding carboxylic acids is 1. The second kappa shape index (κ2) is 10.7. The van der Waals surface area contributed by atoms with E-state index in [0.29, 0.717) is 16.8 Å². The van der Waals surface area contributed by atoms with E-state index < -0.39 is 17.6 Å². The van der Waals surface area contributed by atoms with Crippen molar-refractivity contribution in [2.45, 2.75) is 6.61 Å². The molecule has 0 aliphatic rings. The molecule has 0 saturated carbocycles. The standard InChI is InChI=1S/C21H20F2N2O4/c1-14(24-29-13-17-18(22)9-6-10-19(17)23)11-12-15-7-4-5-8-16(15)20(25-28-3)21(26)27-2/h4-12,24H,1,13H2,2-3H3. The van der Waals surface area contributed by atoms with Crippen molar-refractivity contribution in [1.82, 2.24) is 5.48 Å². The minimum absolute atomic E-state index is 0.0000921. The predicted molar refractivity (Wildman–Crippen MR) is 104 cm³/mol. The normalized spacial score (nSPS) is 11.4. The third kappa shape index (κ3) is 5.98. The first kappa shape index (κ1) is 21.8. The van der Waals surface area contributed by atoms with Gasteiger partial charge >= 0.3 is 5.97 Å². The largest absolute Gasteiger partial charge is 0.464 e. The number of oxime groups is 1. The topological polar surface area (TPSA) is 69.2 Å². The molecule has 0 saturated heterocycles. The van der Waals surface area contributed by atoms with Gasteiger partial charge in [0.1, 0.15) is 25.4 Å². The van der Waals surface area contributed by atoms with E-state index >= 15 is 0 Å². The fourth-order valence-electron chi connectivity index (χ4n) is 2.34. The van der Waals surface area contributed by atoms with Crippen molar-refractivity contribution in [2.75, 3.05) is 14.2 Å². The Morgan fingerprint density at radius 2 is 1.83 bits per heavy atom. The molecule has 2 rings (SSSR count). The molecular formula is C21H20F2N2O4. The molecule has 0 fully saturated rings. The van der Waals surface area contributed by atoms with Gasteiger partial charge in [0.05, 0.1) is 18.4 Å². The summed E-state index contributed by atoms with van der Waals surface area (Å²) in [5.41, 5.74) is 3.75. The lowest BCUT2D eigenvalue weighted by Gasteiger charge is -2.09. The van der Waals surface area contributed by atoms with Crippen LogP contribution in [0.2, 0.25) is 0 Å². The molecule has 0 amide bonds. The molecule has 0 aromatic heterocycles. The summed E-state index contributed by atoms with van der Waals surface area (Å²) in [6.45, 7) is 3.43. The Balaban J connectivity index is 2.07. The number of nitrogens with one attached hydrogen (secondary N) is 1. The molecule has 0 radical (unpaired) electrons. The summed E-state index contributed by atoms with van der Waals surface area (Å²) in [7, 11) is 2.57. The lowest BCUT2D eigenvalue weighted by molar-refractivity contribution is -0.132. The third-order valence-electron chi connectivity index (χ3n) is 3.72. The van der Waals surface area contributed by atoms with Gasteiger partial charge in [-0.3, -0.25) is 10.3 Å². The van der Waals surface area contributed by atoms with E-state index in [9.17, 15) is 13.6 Å². The number of benzene rings is 2. The zero-order valence-electron chi connectivity index (χ0n) is 15.9. The summed E-state index contributed by atoms with van der Waals surface area (Å²) in [4.78, 5) is 21.8. The van der Waals surface area contributed by atoms with Crippen LogP contribution >= 0.6 is 0 Å². The van der Waals surface area contributed by atoms with Crippen LogP contribution in [0.15, 0.2) is 66.0 Å². The lowest BCUT2D eigenvalue weighted by Crippen LogP contribution is -2.18. The van der Waals surface area contributed by atoms with Crippen LogP contribution in [-0.2, 0) is 25.8 Å². The van der Waals surface area contributed by atoms with Crippen LogP contribution in [0.4, 0.5) is 8.78 Å². The van der Waals surface area contributed by atoms with Crippen LogP contribution in [0.5, 0.6) is 0 Å². The molecule has 0 spiro atoms. The van der Waals surface area contributed by atoms with Gasteiger partial charge in [0.25, 0.3) is 0 Å². The molecule has 6 nitrogen and oxygen atoms in total. The highest BCUT2D eigenvalue weighted by molar-refractivity contribution is 6.43. The molecule has 152 valence electrons. The van der Waals surface area contributed by atoms with E-state index in [1.54, 1.807) is 36.4 Å². The maximum absolute atomic E-state index is 13.6. The van der Waals surface area contributed by atoms with Gasteiger partial charge in [-0.25, -0.2) is 13.6 Å². The molecule has 2 aromatic rings. The van der Waals surface area contributed by atoms with E-state index in [1.165, 1.54) is 20.3 Å². The quantitative estimate of drug-likeness (QED) is 0.300. The van der Waals surface area contributed by atoms with E-state index in [1.807, 2.05) is 0 Å². The lowest BCUT2D eigenvalue weighted by atomic mass is 10.0. The van der Waals surface area contributed by atoms with E-state index in [4.69, 9.17) is 14.4 Å². The number of hydrogen-bond acceptors (Lipinski definition) is 6. The molecule has 29 heavy (non-hydrogen) atoms. The van der Waals surface area contributed by atoms with Gasteiger partial charge in [-0.15, -0.1) is 0 Å². The Hall–Kier alpha value is -3.52. The highest BCUT2D eigenvalue weighted by Gasteiger charge is 2.18. The number of esters is 1. The number of rotatable bonds is 9. The Kier molecular flexibility index (Phi) is 8.05. The summed E-state index contributed by atoms with van der Waals surface area (Å²) in [6, 6.07) is 10.5. The minimum atomic E-state index is -0.699. The minimum Gasteiger partial charge on any atom is -0.464 e. The predicted octanol–water partition coefficient (Wildman–Crippen LogP) is 3.74. The first-order valence-corrected chi connectivity index (χ1v) is 8.44. The van der Waals surface area contributed by atoms with Gasteiger partial charge in [0.2, 0.25) is 0 Å². The van der Waals surface area contributed by atoms with Gasteiger partial charge < -0.3 is 9.57 Å². The van der Waals surface area contributed by atoms with Crippen LogP contribution in [0.25, 0.3) is 6.08 Å². The highest BCUT2D eigenvalue weighted by atomic mass is 19.1.